The standard InChI is InChI=1S/C9H22OSi3/c1-11(2,3)9-8-12(4,5)10-13(9,6)7/h8H,1-7H3. The molecule has 1 rings (SSSR count). The Hall–Kier alpha value is 0.351. The fourth-order valence-electron chi connectivity index (χ4n) is 2.38. The zero-order valence-electron chi connectivity index (χ0n) is 9.99. The summed E-state index contributed by atoms with van der Waals surface area (Å²) in [5, 5.41) is 0. The van der Waals surface area contributed by atoms with E-state index in [0.717, 1.165) is 0 Å². The monoisotopic (exact) mass is 230 g/mol. The summed E-state index contributed by atoms with van der Waals surface area (Å²) in [6.45, 7) is 16.7. The molecule has 0 saturated carbocycles. The van der Waals surface area contributed by atoms with Crippen molar-refractivity contribution in [2.45, 2.75) is 45.8 Å². The molecule has 0 amide bonds. The minimum Gasteiger partial charge on any atom is -0.449 e. The van der Waals surface area contributed by atoms with Gasteiger partial charge < -0.3 is 4.12 Å². The Kier molecular flexibility index (Phi) is 2.56. The molecule has 0 aliphatic carbocycles. The van der Waals surface area contributed by atoms with E-state index in [-0.39, 0.29) is 0 Å². The van der Waals surface area contributed by atoms with Crippen molar-refractivity contribution in [2.75, 3.05) is 0 Å². The second-order valence-electron chi connectivity index (χ2n) is 6.02. The highest BCUT2D eigenvalue weighted by Gasteiger charge is 2.46. The first-order valence-electron chi connectivity index (χ1n) is 4.99. The third-order valence-electron chi connectivity index (χ3n) is 2.47. The molecule has 0 aromatic carbocycles. The Labute approximate surface area is 85.5 Å². The quantitative estimate of drug-likeness (QED) is 0.628. The molecule has 1 heterocycles. The van der Waals surface area contributed by atoms with Crippen LogP contribution in [0, 0.1) is 0 Å². The van der Waals surface area contributed by atoms with Gasteiger partial charge in [0.05, 0.1) is 8.07 Å². The molecular weight excluding hydrogens is 208 g/mol. The molecular formula is C9H22OSi3. The SMILES string of the molecule is C[Si]1(C)C=C([Si](C)(C)C)[Si](C)(C)O1. The molecule has 1 aliphatic heterocycles. The lowest BCUT2D eigenvalue weighted by Crippen LogP contribution is -2.43. The van der Waals surface area contributed by atoms with Gasteiger partial charge in [-0.2, -0.15) is 0 Å². The summed E-state index contributed by atoms with van der Waals surface area (Å²) < 4.78 is 6.30. The predicted molar refractivity (Wildman–Crippen MR) is 67.5 cm³/mol. The van der Waals surface area contributed by atoms with Crippen molar-refractivity contribution < 1.29 is 4.12 Å². The van der Waals surface area contributed by atoms with E-state index in [1.165, 1.54) is 0 Å². The lowest BCUT2D eigenvalue weighted by Gasteiger charge is -2.30. The van der Waals surface area contributed by atoms with Crippen molar-refractivity contribution in [3.8, 4) is 0 Å². The van der Waals surface area contributed by atoms with Crippen LogP contribution in [0.3, 0.4) is 0 Å². The average molecular weight is 231 g/mol. The third kappa shape index (κ3) is 2.43. The van der Waals surface area contributed by atoms with Gasteiger partial charge in [0, 0.05) is 0 Å². The van der Waals surface area contributed by atoms with E-state index in [9.17, 15) is 0 Å². The highest BCUT2D eigenvalue weighted by Crippen LogP contribution is 2.36. The molecule has 1 nitrogen and oxygen atoms in total. The molecule has 0 atom stereocenters. The van der Waals surface area contributed by atoms with Gasteiger partial charge in [0.25, 0.3) is 0 Å². The first-order chi connectivity index (χ1) is 5.55. The summed E-state index contributed by atoms with van der Waals surface area (Å²) in [6, 6.07) is 0. The third-order valence-corrected chi connectivity index (χ3v) is 15.4. The molecule has 4 heteroatoms. The van der Waals surface area contributed by atoms with Crippen LogP contribution in [0.4, 0.5) is 0 Å². The molecule has 0 fully saturated rings. The fraction of sp³-hybridized carbons (Fsp3) is 0.778. The molecule has 76 valence electrons. The largest absolute Gasteiger partial charge is 0.449 e. The first kappa shape index (κ1) is 11.4. The lowest BCUT2D eigenvalue weighted by molar-refractivity contribution is 0.579. The first-order valence-corrected chi connectivity index (χ1v) is 14.4. The Balaban J connectivity index is 3.08. The van der Waals surface area contributed by atoms with E-state index in [1.54, 1.807) is 4.82 Å². The molecule has 0 aromatic heterocycles. The summed E-state index contributed by atoms with van der Waals surface area (Å²) in [7, 11) is -3.99. The van der Waals surface area contributed by atoms with Crippen molar-refractivity contribution in [3.63, 3.8) is 0 Å². The maximum atomic E-state index is 6.30. The van der Waals surface area contributed by atoms with E-state index < -0.39 is 24.7 Å². The molecule has 0 saturated heterocycles. The average Bonchev–Trinajstić information content (AvgIpc) is 1.97. The van der Waals surface area contributed by atoms with E-state index in [2.05, 4.69) is 51.5 Å². The van der Waals surface area contributed by atoms with Gasteiger partial charge in [-0.3, -0.25) is 0 Å². The number of rotatable bonds is 1. The lowest BCUT2D eigenvalue weighted by atomic mass is 11.2. The van der Waals surface area contributed by atoms with E-state index in [1.807, 2.05) is 0 Å². The highest BCUT2D eigenvalue weighted by molar-refractivity contribution is 7.09. The van der Waals surface area contributed by atoms with E-state index in [4.69, 9.17) is 4.12 Å². The van der Waals surface area contributed by atoms with Gasteiger partial charge in [-0.15, -0.1) is 0 Å². The van der Waals surface area contributed by atoms with Crippen LogP contribution in [0.2, 0.25) is 45.8 Å². The second-order valence-corrected chi connectivity index (χ2v) is 19.4. The van der Waals surface area contributed by atoms with E-state index >= 15 is 0 Å². The summed E-state index contributed by atoms with van der Waals surface area (Å²) in [5.74, 6) is 0. The normalized spacial score (nSPS) is 25.9. The smallest absolute Gasteiger partial charge is 0.198 e. The summed E-state index contributed by atoms with van der Waals surface area (Å²) in [4.78, 5) is 1.75. The second kappa shape index (κ2) is 2.92. The van der Waals surface area contributed by atoms with Gasteiger partial charge in [-0.05, 0) is 26.2 Å². The molecule has 0 spiro atoms. The Morgan fingerprint density at radius 3 is 1.69 bits per heavy atom. The number of hydrogen-bond donors (Lipinski definition) is 0. The van der Waals surface area contributed by atoms with Crippen molar-refractivity contribution in [2.24, 2.45) is 0 Å². The van der Waals surface area contributed by atoms with Crippen molar-refractivity contribution in [1.82, 2.24) is 0 Å². The Bertz CT molecular complexity index is 248. The Morgan fingerprint density at radius 2 is 1.54 bits per heavy atom. The molecule has 13 heavy (non-hydrogen) atoms. The molecule has 0 unspecified atom stereocenters. The maximum absolute atomic E-state index is 6.30. The van der Waals surface area contributed by atoms with Gasteiger partial charge in [0.15, 0.2) is 16.6 Å². The number of hydrogen-bond acceptors (Lipinski definition) is 1. The van der Waals surface area contributed by atoms with Gasteiger partial charge in [0.2, 0.25) is 0 Å². The molecule has 0 N–H and O–H groups in total. The van der Waals surface area contributed by atoms with Crippen LogP contribution in [0.5, 0.6) is 0 Å². The van der Waals surface area contributed by atoms with Crippen LogP contribution < -0.4 is 0 Å². The van der Waals surface area contributed by atoms with Gasteiger partial charge in [-0.25, -0.2) is 0 Å². The fourth-order valence-corrected chi connectivity index (χ4v) is 21.9. The molecule has 0 aromatic rings. The van der Waals surface area contributed by atoms with Gasteiger partial charge in [0.1, 0.15) is 0 Å². The minimum atomic E-state index is -1.46. The molecule has 0 bridgehead atoms. The van der Waals surface area contributed by atoms with Crippen LogP contribution in [-0.4, -0.2) is 24.7 Å². The van der Waals surface area contributed by atoms with E-state index in [0.29, 0.717) is 0 Å². The van der Waals surface area contributed by atoms with Crippen LogP contribution in [-0.2, 0) is 4.12 Å². The summed E-state index contributed by atoms with van der Waals surface area (Å²) in [6.07, 6.45) is 0. The van der Waals surface area contributed by atoms with Gasteiger partial charge >= 0.3 is 0 Å². The molecule has 1 aliphatic rings. The maximum Gasteiger partial charge on any atom is 0.198 e. The predicted octanol–water partition coefficient (Wildman–Crippen LogP) is 3.31. The van der Waals surface area contributed by atoms with Crippen LogP contribution in [0.15, 0.2) is 10.5 Å². The zero-order valence-corrected chi connectivity index (χ0v) is 13.0. The summed E-state index contributed by atoms with van der Waals surface area (Å²) >= 11 is 0. The summed E-state index contributed by atoms with van der Waals surface area (Å²) in [5.41, 5.74) is 2.53. The molecule has 0 radical (unpaired) electrons. The minimum absolute atomic E-state index is 1.12. The van der Waals surface area contributed by atoms with Crippen molar-refractivity contribution in [1.29, 1.82) is 0 Å². The van der Waals surface area contributed by atoms with Crippen LogP contribution in [0.1, 0.15) is 0 Å². The van der Waals surface area contributed by atoms with Crippen LogP contribution in [0.25, 0.3) is 0 Å². The Morgan fingerprint density at radius 1 is 1.08 bits per heavy atom. The van der Waals surface area contributed by atoms with Crippen molar-refractivity contribution >= 4 is 24.7 Å². The topological polar surface area (TPSA) is 9.23 Å². The van der Waals surface area contributed by atoms with Crippen LogP contribution >= 0.6 is 0 Å². The zero-order chi connectivity index (χ0) is 10.5. The highest BCUT2D eigenvalue weighted by atomic mass is 28.5. The van der Waals surface area contributed by atoms with Gasteiger partial charge in [-0.1, -0.05) is 30.2 Å². The van der Waals surface area contributed by atoms with Crippen molar-refractivity contribution in [3.05, 3.63) is 10.5 Å².